The van der Waals surface area contributed by atoms with Gasteiger partial charge < -0.3 is 10.2 Å². The second kappa shape index (κ2) is 7.79. The fourth-order valence-corrected chi connectivity index (χ4v) is 2.28. The molecular formula is C18H19ClN2O2. The Hall–Kier alpha value is -2.33. The van der Waals surface area contributed by atoms with Gasteiger partial charge in [-0.25, -0.2) is 0 Å². The number of likely N-dealkylation sites (N-methyl/N-ethyl adjacent to an activating group) is 1. The van der Waals surface area contributed by atoms with Crippen molar-refractivity contribution in [3.63, 3.8) is 0 Å². The first-order valence-electron chi connectivity index (χ1n) is 7.29. The van der Waals surface area contributed by atoms with Gasteiger partial charge in [0.15, 0.2) is 0 Å². The molecule has 0 aliphatic carbocycles. The summed E-state index contributed by atoms with van der Waals surface area (Å²) in [6.07, 6.45) is 0.175. The molecule has 0 aliphatic rings. The summed E-state index contributed by atoms with van der Waals surface area (Å²) in [5, 5.41) is 3.33. The minimum absolute atomic E-state index is 0.00282. The van der Waals surface area contributed by atoms with Crippen molar-refractivity contribution in [1.82, 2.24) is 4.90 Å². The molecule has 2 amide bonds. The predicted octanol–water partition coefficient (Wildman–Crippen LogP) is 3.29. The molecule has 0 aliphatic heterocycles. The van der Waals surface area contributed by atoms with Gasteiger partial charge in [0.2, 0.25) is 11.8 Å². The zero-order valence-electron chi connectivity index (χ0n) is 13.2. The van der Waals surface area contributed by atoms with Crippen LogP contribution in [-0.2, 0) is 16.0 Å². The molecule has 1 N–H and O–H groups in total. The number of anilines is 1. The van der Waals surface area contributed by atoms with E-state index in [4.69, 9.17) is 11.6 Å². The van der Waals surface area contributed by atoms with Crippen LogP contribution in [0.5, 0.6) is 0 Å². The van der Waals surface area contributed by atoms with E-state index in [1.807, 2.05) is 43.3 Å². The summed E-state index contributed by atoms with van der Waals surface area (Å²) < 4.78 is 0. The quantitative estimate of drug-likeness (QED) is 0.914. The van der Waals surface area contributed by atoms with Gasteiger partial charge in [-0.15, -0.1) is 0 Å². The van der Waals surface area contributed by atoms with E-state index in [0.717, 1.165) is 11.1 Å². The zero-order valence-corrected chi connectivity index (χ0v) is 13.9. The lowest BCUT2D eigenvalue weighted by atomic mass is 10.1. The van der Waals surface area contributed by atoms with Gasteiger partial charge in [-0.05, 0) is 30.7 Å². The monoisotopic (exact) mass is 330 g/mol. The van der Waals surface area contributed by atoms with Crippen LogP contribution in [0, 0.1) is 6.92 Å². The molecular weight excluding hydrogens is 312 g/mol. The Bertz CT molecular complexity index is 698. The third-order valence-corrected chi connectivity index (χ3v) is 3.81. The number of carbonyl (C=O) groups excluding carboxylic acids is 2. The van der Waals surface area contributed by atoms with Crippen LogP contribution in [0.4, 0.5) is 5.69 Å². The molecule has 120 valence electrons. The number of carbonyl (C=O) groups is 2. The van der Waals surface area contributed by atoms with Gasteiger partial charge >= 0.3 is 0 Å². The molecule has 23 heavy (non-hydrogen) atoms. The Morgan fingerprint density at radius 2 is 1.74 bits per heavy atom. The van der Waals surface area contributed by atoms with Crippen molar-refractivity contribution in [3.05, 3.63) is 64.7 Å². The van der Waals surface area contributed by atoms with Gasteiger partial charge in [-0.1, -0.05) is 47.5 Å². The van der Waals surface area contributed by atoms with Crippen LogP contribution in [0.3, 0.4) is 0 Å². The van der Waals surface area contributed by atoms with Gasteiger partial charge in [-0.3, -0.25) is 9.59 Å². The SMILES string of the molecule is Cc1ccc(NC(=O)CN(C)C(=O)Cc2ccccc2Cl)cc1. The number of rotatable bonds is 5. The molecule has 2 aromatic carbocycles. The number of aryl methyl sites for hydroxylation is 1. The minimum Gasteiger partial charge on any atom is -0.336 e. The summed E-state index contributed by atoms with van der Waals surface area (Å²) in [6.45, 7) is 1.98. The molecule has 0 fully saturated rings. The molecule has 0 saturated carbocycles. The molecule has 0 atom stereocenters. The Labute approximate surface area is 141 Å². The van der Waals surface area contributed by atoms with Crippen LogP contribution in [0.1, 0.15) is 11.1 Å². The van der Waals surface area contributed by atoms with Gasteiger partial charge in [0.1, 0.15) is 0 Å². The van der Waals surface area contributed by atoms with Crippen molar-refractivity contribution in [2.75, 3.05) is 18.9 Å². The van der Waals surface area contributed by atoms with Gasteiger partial charge in [0, 0.05) is 17.8 Å². The first-order chi connectivity index (χ1) is 11.0. The van der Waals surface area contributed by atoms with E-state index in [9.17, 15) is 9.59 Å². The molecule has 0 saturated heterocycles. The molecule has 2 aromatic rings. The molecule has 4 nitrogen and oxygen atoms in total. The summed E-state index contributed by atoms with van der Waals surface area (Å²) in [5.74, 6) is -0.388. The van der Waals surface area contributed by atoms with Gasteiger partial charge in [0.05, 0.1) is 13.0 Å². The highest BCUT2D eigenvalue weighted by atomic mass is 35.5. The van der Waals surface area contributed by atoms with Crippen molar-refractivity contribution >= 4 is 29.1 Å². The smallest absolute Gasteiger partial charge is 0.243 e. The lowest BCUT2D eigenvalue weighted by Crippen LogP contribution is -2.35. The summed E-state index contributed by atoms with van der Waals surface area (Å²) in [6, 6.07) is 14.7. The molecule has 5 heteroatoms. The van der Waals surface area contributed by atoms with E-state index in [2.05, 4.69) is 5.32 Å². The Morgan fingerprint density at radius 1 is 1.09 bits per heavy atom. The molecule has 0 radical (unpaired) electrons. The standard InChI is InChI=1S/C18H19ClN2O2/c1-13-7-9-15(10-8-13)20-17(22)12-21(2)18(23)11-14-5-3-4-6-16(14)19/h3-10H,11-12H2,1-2H3,(H,20,22). The second-order valence-corrected chi connectivity index (χ2v) is 5.84. The van der Waals surface area contributed by atoms with E-state index in [1.165, 1.54) is 4.90 Å². The highest BCUT2D eigenvalue weighted by Crippen LogP contribution is 2.16. The number of hydrogen-bond acceptors (Lipinski definition) is 2. The van der Waals surface area contributed by atoms with Crippen LogP contribution in [0.2, 0.25) is 5.02 Å². The van der Waals surface area contributed by atoms with Crippen molar-refractivity contribution in [1.29, 1.82) is 0 Å². The lowest BCUT2D eigenvalue weighted by Gasteiger charge is -2.17. The van der Waals surface area contributed by atoms with E-state index in [0.29, 0.717) is 10.7 Å². The number of hydrogen-bond donors (Lipinski definition) is 1. The van der Waals surface area contributed by atoms with E-state index < -0.39 is 0 Å². The normalized spacial score (nSPS) is 10.2. The minimum atomic E-state index is -0.233. The number of benzene rings is 2. The number of nitrogens with one attached hydrogen (secondary N) is 1. The number of amides is 2. The van der Waals surface area contributed by atoms with Crippen LogP contribution in [0.25, 0.3) is 0 Å². The van der Waals surface area contributed by atoms with Crippen LogP contribution in [-0.4, -0.2) is 30.3 Å². The maximum absolute atomic E-state index is 12.2. The number of halogens is 1. The van der Waals surface area contributed by atoms with E-state index >= 15 is 0 Å². The third kappa shape index (κ3) is 5.11. The summed E-state index contributed by atoms with van der Waals surface area (Å²) in [4.78, 5) is 25.6. The molecule has 0 heterocycles. The van der Waals surface area contributed by atoms with Crippen molar-refractivity contribution in [3.8, 4) is 0 Å². The number of nitrogens with zero attached hydrogens (tertiary/aromatic N) is 1. The molecule has 2 rings (SSSR count). The third-order valence-electron chi connectivity index (χ3n) is 3.44. The first kappa shape index (κ1) is 17.0. The Morgan fingerprint density at radius 3 is 2.39 bits per heavy atom. The predicted molar refractivity (Wildman–Crippen MR) is 92.6 cm³/mol. The largest absolute Gasteiger partial charge is 0.336 e. The molecule has 0 spiro atoms. The van der Waals surface area contributed by atoms with E-state index in [1.54, 1.807) is 19.2 Å². The second-order valence-electron chi connectivity index (χ2n) is 5.43. The van der Waals surface area contributed by atoms with E-state index in [-0.39, 0.29) is 24.8 Å². The fraction of sp³-hybridized carbons (Fsp3) is 0.222. The van der Waals surface area contributed by atoms with Crippen molar-refractivity contribution in [2.45, 2.75) is 13.3 Å². The highest BCUT2D eigenvalue weighted by Gasteiger charge is 2.14. The van der Waals surface area contributed by atoms with Crippen LogP contribution in [0.15, 0.2) is 48.5 Å². The summed E-state index contributed by atoms with van der Waals surface area (Å²) in [5.41, 5.74) is 2.59. The Balaban J connectivity index is 1.89. The van der Waals surface area contributed by atoms with Crippen molar-refractivity contribution in [2.24, 2.45) is 0 Å². The van der Waals surface area contributed by atoms with Gasteiger partial charge in [0.25, 0.3) is 0 Å². The highest BCUT2D eigenvalue weighted by molar-refractivity contribution is 6.31. The molecule has 0 aromatic heterocycles. The topological polar surface area (TPSA) is 49.4 Å². The first-order valence-corrected chi connectivity index (χ1v) is 7.67. The fourth-order valence-electron chi connectivity index (χ4n) is 2.08. The van der Waals surface area contributed by atoms with Crippen LogP contribution >= 0.6 is 11.6 Å². The molecule has 0 unspecified atom stereocenters. The van der Waals surface area contributed by atoms with Crippen molar-refractivity contribution < 1.29 is 9.59 Å². The summed E-state index contributed by atoms with van der Waals surface area (Å²) in [7, 11) is 1.61. The Kier molecular flexibility index (Phi) is 5.77. The maximum Gasteiger partial charge on any atom is 0.243 e. The van der Waals surface area contributed by atoms with Gasteiger partial charge in [-0.2, -0.15) is 0 Å². The van der Waals surface area contributed by atoms with Crippen LogP contribution < -0.4 is 5.32 Å². The average Bonchev–Trinajstić information content (AvgIpc) is 2.51. The molecule has 0 bridgehead atoms. The average molecular weight is 331 g/mol. The summed E-state index contributed by atoms with van der Waals surface area (Å²) >= 11 is 6.05. The lowest BCUT2D eigenvalue weighted by molar-refractivity contribution is -0.132. The zero-order chi connectivity index (χ0) is 16.8. The maximum atomic E-state index is 12.2.